The van der Waals surface area contributed by atoms with Crippen molar-refractivity contribution in [2.24, 2.45) is 5.73 Å². The van der Waals surface area contributed by atoms with E-state index in [1.165, 1.54) is 5.56 Å². The third-order valence-electron chi connectivity index (χ3n) is 3.32. The summed E-state index contributed by atoms with van der Waals surface area (Å²) in [6, 6.07) is 13.7. The highest BCUT2D eigenvalue weighted by Crippen LogP contribution is 2.38. The van der Waals surface area contributed by atoms with Crippen molar-refractivity contribution in [2.45, 2.75) is 18.4 Å². The molecule has 2 atom stereocenters. The summed E-state index contributed by atoms with van der Waals surface area (Å²) in [6.07, 6.45) is 2.92. The normalized spacial score (nSPS) is 19.6. The lowest BCUT2D eigenvalue weighted by atomic mass is 10.2. The number of pyridine rings is 1. The molecule has 1 fully saturated rings. The number of nitrogens with zero attached hydrogens (tertiary/aromatic N) is 2. The van der Waals surface area contributed by atoms with Crippen LogP contribution in [0.25, 0.3) is 0 Å². The Labute approximate surface area is 124 Å². The van der Waals surface area contributed by atoms with Crippen molar-refractivity contribution in [3.63, 3.8) is 0 Å². The Morgan fingerprint density at radius 1 is 1.30 bits per heavy atom. The van der Waals surface area contributed by atoms with Crippen LogP contribution < -0.4 is 11.1 Å². The minimum absolute atomic E-state index is 0. The smallest absolute Gasteiger partial charge is 0.130 e. The molecule has 5 heteroatoms. The van der Waals surface area contributed by atoms with Gasteiger partial charge in [0.15, 0.2) is 0 Å². The van der Waals surface area contributed by atoms with Crippen molar-refractivity contribution in [3.05, 3.63) is 53.7 Å². The molecule has 1 aliphatic carbocycles. The van der Waals surface area contributed by atoms with Crippen LogP contribution in [0.15, 0.2) is 42.6 Å². The van der Waals surface area contributed by atoms with Crippen molar-refractivity contribution >= 4 is 23.9 Å². The summed E-state index contributed by atoms with van der Waals surface area (Å²) in [7, 11) is 0. The molecular formula is C15H15ClN4. The van der Waals surface area contributed by atoms with Crippen LogP contribution in [0, 0.1) is 11.3 Å². The maximum atomic E-state index is 8.85. The summed E-state index contributed by atoms with van der Waals surface area (Å²) < 4.78 is 0. The van der Waals surface area contributed by atoms with Crippen LogP contribution in [-0.2, 0) is 0 Å². The second kappa shape index (κ2) is 5.91. The van der Waals surface area contributed by atoms with Gasteiger partial charge >= 0.3 is 0 Å². The van der Waals surface area contributed by atoms with Crippen molar-refractivity contribution in [3.8, 4) is 6.07 Å². The van der Waals surface area contributed by atoms with Crippen LogP contribution in [0.2, 0.25) is 0 Å². The Balaban J connectivity index is 0.00000147. The Morgan fingerprint density at radius 2 is 2.10 bits per heavy atom. The van der Waals surface area contributed by atoms with Gasteiger partial charge in [-0.05, 0) is 36.2 Å². The zero-order chi connectivity index (χ0) is 13.2. The Morgan fingerprint density at radius 3 is 2.70 bits per heavy atom. The molecule has 0 unspecified atom stereocenters. The molecule has 102 valence electrons. The van der Waals surface area contributed by atoms with E-state index in [1.54, 1.807) is 12.1 Å². The first-order valence-electron chi connectivity index (χ1n) is 6.25. The molecule has 0 amide bonds. The predicted octanol–water partition coefficient (Wildman–Crippen LogP) is 2.93. The second-order valence-electron chi connectivity index (χ2n) is 4.80. The summed E-state index contributed by atoms with van der Waals surface area (Å²) in [5.74, 6) is 1.25. The number of hydrogen-bond acceptors (Lipinski definition) is 4. The van der Waals surface area contributed by atoms with Gasteiger partial charge in [-0.15, -0.1) is 12.4 Å². The average Bonchev–Trinajstić information content (AvgIpc) is 3.17. The van der Waals surface area contributed by atoms with E-state index in [2.05, 4.69) is 22.4 Å². The van der Waals surface area contributed by atoms with E-state index in [9.17, 15) is 0 Å². The summed E-state index contributed by atoms with van der Waals surface area (Å²) in [4.78, 5) is 4.38. The number of halogens is 1. The molecule has 2 aromatic rings. The van der Waals surface area contributed by atoms with Gasteiger partial charge in [0.1, 0.15) is 5.82 Å². The van der Waals surface area contributed by atoms with Crippen molar-refractivity contribution in [2.75, 3.05) is 5.32 Å². The van der Waals surface area contributed by atoms with E-state index in [0.29, 0.717) is 17.5 Å². The van der Waals surface area contributed by atoms with Crippen molar-refractivity contribution in [1.29, 1.82) is 5.26 Å². The number of nitriles is 1. The summed E-state index contributed by atoms with van der Waals surface area (Å²) >= 11 is 0. The predicted molar refractivity (Wildman–Crippen MR) is 81.3 cm³/mol. The lowest BCUT2D eigenvalue weighted by molar-refractivity contribution is 0.981. The van der Waals surface area contributed by atoms with Crippen molar-refractivity contribution in [1.82, 2.24) is 4.98 Å². The van der Waals surface area contributed by atoms with E-state index >= 15 is 0 Å². The highest BCUT2D eigenvalue weighted by molar-refractivity contribution is 5.85. The van der Waals surface area contributed by atoms with Gasteiger partial charge in [-0.2, -0.15) is 5.26 Å². The fourth-order valence-corrected chi connectivity index (χ4v) is 2.11. The SMILES string of the molecule is Cl.N#Cc1cccc(Nc2ccc([C@@H]3C[C@H]3N)cn2)c1. The molecule has 3 N–H and O–H groups in total. The molecule has 1 aromatic carbocycles. The van der Waals surface area contributed by atoms with E-state index in [0.717, 1.165) is 17.9 Å². The zero-order valence-electron chi connectivity index (χ0n) is 10.8. The Kier molecular flexibility index (Phi) is 4.23. The van der Waals surface area contributed by atoms with Crippen LogP contribution in [0.3, 0.4) is 0 Å². The highest BCUT2D eigenvalue weighted by Gasteiger charge is 2.34. The van der Waals surface area contributed by atoms with Gasteiger partial charge in [0, 0.05) is 23.8 Å². The minimum atomic E-state index is 0. The van der Waals surface area contributed by atoms with Gasteiger partial charge in [0.2, 0.25) is 0 Å². The maximum absolute atomic E-state index is 8.85. The fourth-order valence-electron chi connectivity index (χ4n) is 2.11. The van der Waals surface area contributed by atoms with Crippen LogP contribution in [0.1, 0.15) is 23.5 Å². The summed E-state index contributed by atoms with van der Waals surface area (Å²) in [5, 5.41) is 12.0. The van der Waals surface area contributed by atoms with E-state index in [-0.39, 0.29) is 12.4 Å². The largest absolute Gasteiger partial charge is 0.340 e. The molecule has 1 heterocycles. The monoisotopic (exact) mass is 286 g/mol. The fraction of sp³-hybridized carbons (Fsp3) is 0.200. The number of hydrogen-bond donors (Lipinski definition) is 2. The summed E-state index contributed by atoms with van der Waals surface area (Å²) in [6.45, 7) is 0. The number of anilines is 2. The highest BCUT2D eigenvalue weighted by atomic mass is 35.5. The number of benzene rings is 1. The summed E-state index contributed by atoms with van der Waals surface area (Å²) in [5.41, 5.74) is 8.51. The number of nitrogens with one attached hydrogen (secondary N) is 1. The van der Waals surface area contributed by atoms with Gasteiger partial charge in [-0.3, -0.25) is 0 Å². The Bertz CT molecular complexity index is 633. The standard InChI is InChI=1S/C15H14N4.ClH/c16-8-10-2-1-3-12(6-10)19-15-5-4-11(9-18-15)13-7-14(13)17;/h1-6,9,13-14H,7,17H2,(H,18,19);1H/t13-,14+;/m0./s1. The van der Waals surface area contributed by atoms with Crippen molar-refractivity contribution < 1.29 is 0 Å². The van der Waals surface area contributed by atoms with E-state index in [1.807, 2.05) is 24.4 Å². The third kappa shape index (κ3) is 3.08. The number of aromatic nitrogens is 1. The molecule has 20 heavy (non-hydrogen) atoms. The van der Waals surface area contributed by atoms with Crippen LogP contribution in [0.5, 0.6) is 0 Å². The third-order valence-corrected chi connectivity index (χ3v) is 3.32. The molecule has 0 saturated heterocycles. The molecule has 1 saturated carbocycles. The van der Waals surface area contributed by atoms with Gasteiger partial charge < -0.3 is 11.1 Å². The lowest BCUT2D eigenvalue weighted by Gasteiger charge is -2.06. The van der Waals surface area contributed by atoms with Gasteiger partial charge in [-0.25, -0.2) is 4.98 Å². The second-order valence-corrected chi connectivity index (χ2v) is 4.80. The average molecular weight is 287 g/mol. The van der Waals surface area contributed by atoms with Crippen LogP contribution in [-0.4, -0.2) is 11.0 Å². The molecule has 3 rings (SSSR count). The molecule has 0 bridgehead atoms. The first-order valence-corrected chi connectivity index (χ1v) is 6.25. The molecule has 1 aromatic heterocycles. The first-order chi connectivity index (χ1) is 9.26. The zero-order valence-corrected chi connectivity index (χ0v) is 11.6. The van der Waals surface area contributed by atoms with Crippen LogP contribution in [0.4, 0.5) is 11.5 Å². The quantitative estimate of drug-likeness (QED) is 0.910. The molecule has 0 spiro atoms. The molecule has 0 radical (unpaired) electrons. The lowest BCUT2D eigenvalue weighted by Crippen LogP contribution is -2.01. The van der Waals surface area contributed by atoms with E-state index in [4.69, 9.17) is 11.0 Å². The molecule has 1 aliphatic rings. The molecule has 0 aliphatic heterocycles. The molecule has 4 nitrogen and oxygen atoms in total. The number of rotatable bonds is 3. The first kappa shape index (κ1) is 14.3. The van der Waals surface area contributed by atoms with Crippen LogP contribution >= 0.6 is 12.4 Å². The number of nitrogens with two attached hydrogens (primary N) is 1. The Hall–Kier alpha value is -2.09. The van der Waals surface area contributed by atoms with E-state index < -0.39 is 0 Å². The van der Waals surface area contributed by atoms with Gasteiger partial charge in [-0.1, -0.05) is 12.1 Å². The van der Waals surface area contributed by atoms with Gasteiger partial charge in [0.05, 0.1) is 11.6 Å². The maximum Gasteiger partial charge on any atom is 0.130 e. The topological polar surface area (TPSA) is 74.7 Å². The van der Waals surface area contributed by atoms with Gasteiger partial charge in [0.25, 0.3) is 0 Å². The minimum Gasteiger partial charge on any atom is -0.340 e. The molecular weight excluding hydrogens is 272 g/mol.